The molecule has 0 heterocycles. The first-order valence-electron chi connectivity index (χ1n) is 4.97. The first-order chi connectivity index (χ1) is 7.21. The van der Waals surface area contributed by atoms with E-state index in [4.69, 9.17) is 7.57 Å². The van der Waals surface area contributed by atoms with E-state index >= 15 is 0 Å². The van der Waals surface area contributed by atoms with Crippen LogP contribution in [0.4, 0.5) is 0 Å². The van der Waals surface area contributed by atoms with Crippen molar-refractivity contribution in [2.45, 2.75) is 0 Å². The van der Waals surface area contributed by atoms with Gasteiger partial charge >= 0.3 is 0 Å². The van der Waals surface area contributed by atoms with Crippen molar-refractivity contribution in [1.82, 2.24) is 0 Å². The molecule has 0 aliphatic rings. The molecule has 0 spiro atoms. The zero-order chi connectivity index (χ0) is 10.7. The maximum Gasteiger partial charge on any atom is 0.0464 e. The van der Waals surface area contributed by atoms with E-state index in [-0.39, 0.29) is 0 Å². The molecule has 0 saturated heterocycles. The van der Waals surface area contributed by atoms with Crippen LogP contribution >= 0.6 is 7.14 Å². The fourth-order valence-corrected chi connectivity index (χ4v) is 3.51. The Hall–Kier alpha value is -1.07. The van der Waals surface area contributed by atoms with Crippen molar-refractivity contribution in [3.8, 4) is 0 Å². The highest BCUT2D eigenvalue weighted by Crippen LogP contribution is 2.46. The van der Waals surface area contributed by atoms with E-state index in [9.17, 15) is 0 Å². The van der Waals surface area contributed by atoms with Gasteiger partial charge in [-0.15, -0.1) is 0 Å². The molecule has 73 valence electrons. The second-order valence-electron chi connectivity index (χ2n) is 3.75. The lowest BCUT2D eigenvalue weighted by Gasteiger charge is -2.31. The van der Waals surface area contributed by atoms with Crippen molar-refractivity contribution < 1.29 is 0 Å². The Kier molecular flexibility index (Phi) is 2.93. The van der Waals surface area contributed by atoms with E-state index < -0.39 is 7.14 Å². The minimum atomic E-state index is -1.65. The van der Waals surface area contributed by atoms with E-state index in [0.29, 0.717) is 0 Å². The van der Waals surface area contributed by atoms with Crippen molar-refractivity contribution in [3.05, 3.63) is 60.7 Å². The quantitative estimate of drug-likeness (QED) is 0.528. The molecule has 0 N–H and O–H groups in total. The molecule has 0 nitrogen and oxygen atoms in total. The molecule has 0 aliphatic carbocycles. The number of hydrogen-bond acceptors (Lipinski definition) is 0. The third kappa shape index (κ3) is 2.13. The van der Waals surface area contributed by atoms with Gasteiger partial charge in [-0.2, -0.15) is 7.14 Å². The average molecular weight is 211 g/mol. The fourth-order valence-electron chi connectivity index (χ4n) is 1.62. The summed E-state index contributed by atoms with van der Waals surface area (Å²) in [4.78, 5) is 0. The monoisotopic (exact) mass is 211 g/mol. The second kappa shape index (κ2) is 4.20. The van der Waals surface area contributed by atoms with Crippen molar-refractivity contribution in [3.63, 3.8) is 0 Å². The van der Waals surface area contributed by atoms with Gasteiger partial charge < -0.3 is 0 Å². The van der Waals surface area contributed by atoms with Crippen molar-refractivity contribution >= 4 is 25.3 Å². The summed E-state index contributed by atoms with van der Waals surface area (Å²) in [6, 6.07) is 20.7. The number of hydrogen-bond donors (Lipinski definition) is 0. The maximum atomic E-state index is 6.47. The lowest BCUT2D eigenvalue weighted by atomic mass is 10.4. The Bertz CT molecular complexity index is 381. The minimum Gasteiger partial charge on any atom is -0.292 e. The minimum absolute atomic E-state index is 1.25. The van der Waals surface area contributed by atoms with Crippen LogP contribution in [0, 0.1) is 0 Å². The van der Waals surface area contributed by atoms with E-state index in [2.05, 4.69) is 30.9 Å². The molecule has 15 heavy (non-hydrogen) atoms. The van der Waals surface area contributed by atoms with Gasteiger partial charge in [-0.3, -0.25) is 7.57 Å². The Morgan fingerprint density at radius 3 is 1.40 bits per heavy atom. The first kappa shape index (κ1) is 10.5. The normalized spacial score (nSPS) is 11.3. The smallest absolute Gasteiger partial charge is 0.0464 e. The van der Waals surface area contributed by atoms with Crippen LogP contribution in [0.1, 0.15) is 0 Å². The molecule has 3 radical (unpaired) electrons. The van der Waals surface area contributed by atoms with Gasteiger partial charge in [0.2, 0.25) is 0 Å². The lowest BCUT2D eigenvalue weighted by Crippen LogP contribution is -2.20. The summed E-state index contributed by atoms with van der Waals surface area (Å²) in [5.41, 5.74) is 0. The van der Waals surface area contributed by atoms with Gasteiger partial charge in [-0.05, 0) is 24.3 Å². The van der Waals surface area contributed by atoms with Gasteiger partial charge in [-0.1, -0.05) is 36.4 Å². The fraction of sp³-hybridized carbons (Fsp3) is 0.0769. The molecular weight excluding hydrogens is 198 g/mol. The Morgan fingerprint density at radius 2 is 1.07 bits per heavy atom. The summed E-state index contributed by atoms with van der Waals surface area (Å²) in [5, 5.41) is 2.49. The van der Waals surface area contributed by atoms with Crippen LogP contribution in [-0.4, -0.2) is 14.2 Å². The molecule has 0 fully saturated rings. The number of rotatable bonds is 2. The molecule has 0 aromatic heterocycles. The summed E-state index contributed by atoms with van der Waals surface area (Å²) < 4.78 is 0. The molecule has 2 rings (SSSR count). The van der Waals surface area contributed by atoms with Gasteiger partial charge in [0.1, 0.15) is 0 Å². The summed E-state index contributed by atoms with van der Waals surface area (Å²) in [5.74, 6) is 0. The highest BCUT2D eigenvalue weighted by atomic mass is 31.2. The maximum absolute atomic E-state index is 6.47. The van der Waals surface area contributed by atoms with Crippen LogP contribution in [0.5, 0.6) is 0 Å². The van der Waals surface area contributed by atoms with Gasteiger partial charge in [0.05, 0.1) is 0 Å². The van der Waals surface area contributed by atoms with E-state index in [1.807, 2.05) is 36.4 Å². The van der Waals surface area contributed by atoms with Crippen molar-refractivity contribution in [2.75, 3.05) is 6.66 Å². The highest BCUT2D eigenvalue weighted by molar-refractivity contribution is 8.08. The highest BCUT2D eigenvalue weighted by Gasteiger charge is 2.17. The Balaban J connectivity index is 2.44. The molecule has 0 bridgehead atoms. The SMILES string of the molecule is [B-][P+](C)(c1ccccc1)c1ccccc1. The summed E-state index contributed by atoms with van der Waals surface area (Å²) in [6.07, 6.45) is 0. The summed E-state index contributed by atoms with van der Waals surface area (Å²) in [7, 11) is 4.82. The first-order valence-corrected chi connectivity index (χ1v) is 7.28. The third-order valence-electron chi connectivity index (χ3n) is 2.59. The Morgan fingerprint density at radius 1 is 0.733 bits per heavy atom. The Labute approximate surface area is 93.0 Å². The molecule has 2 aromatic carbocycles. The zero-order valence-electron chi connectivity index (χ0n) is 8.80. The van der Waals surface area contributed by atoms with Gasteiger partial charge in [-0.25, -0.2) is 0 Å². The molecule has 2 heteroatoms. The predicted octanol–water partition coefficient (Wildman–Crippen LogP) is 2.37. The topological polar surface area (TPSA) is 0 Å². The summed E-state index contributed by atoms with van der Waals surface area (Å²) >= 11 is 0. The average Bonchev–Trinajstić information content (AvgIpc) is 2.31. The summed E-state index contributed by atoms with van der Waals surface area (Å²) in [6.45, 7) is 2.15. The van der Waals surface area contributed by atoms with E-state index in [0.717, 1.165) is 0 Å². The lowest BCUT2D eigenvalue weighted by molar-refractivity contribution is 1.75. The molecule has 0 atom stereocenters. The standard InChI is InChI=1S/C13H13BP/c1-15(14,12-8-4-2-5-9-12)13-10-6-3-7-11-13/h2-11H,1H3. The van der Waals surface area contributed by atoms with Crippen LogP contribution in [0.2, 0.25) is 0 Å². The van der Waals surface area contributed by atoms with Crippen LogP contribution in [0.25, 0.3) is 0 Å². The molecule has 0 aliphatic heterocycles. The molecule has 0 saturated carbocycles. The van der Waals surface area contributed by atoms with E-state index in [1.54, 1.807) is 0 Å². The van der Waals surface area contributed by atoms with Crippen molar-refractivity contribution in [1.29, 1.82) is 0 Å². The van der Waals surface area contributed by atoms with Gasteiger partial charge in [0, 0.05) is 17.3 Å². The molecule has 2 aromatic rings. The van der Waals surface area contributed by atoms with Crippen LogP contribution in [-0.2, 0) is 0 Å². The zero-order valence-corrected chi connectivity index (χ0v) is 9.69. The van der Waals surface area contributed by atoms with Crippen molar-refractivity contribution in [2.24, 2.45) is 0 Å². The predicted molar refractivity (Wildman–Crippen MR) is 70.8 cm³/mol. The van der Waals surface area contributed by atoms with E-state index in [1.165, 1.54) is 10.6 Å². The molecule has 0 unspecified atom stereocenters. The van der Waals surface area contributed by atoms with Gasteiger partial charge in [0.25, 0.3) is 0 Å². The largest absolute Gasteiger partial charge is 0.292 e. The second-order valence-corrected chi connectivity index (χ2v) is 6.93. The van der Waals surface area contributed by atoms with Crippen LogP contribution in [0.15, 0.2) is 60.7 Å². The third-order valence-corrected chi connectivity index (χ3v) is 5.33. The molecular formula is C13H13BP. The van der Waals surface area contributed by atoms with Crippen LogP contribution < -0.4 is 10.6 Å². The van der Waals surface area contributed by atoms with Crippen LogP contribution in [0.3, 0.4) is 0 Å². The molecule has 0 amide bonds. The number of benzene rings is 2. The van der Waals surface area contributed by atoms with Gasteiger partial charge in [0.15, 0.2) is 0 Å².